The van der Waals surface area contributed by atoms with E-state index in [1.807, 2.05) is 0 Å². The molecule has 1 amide bonds. The van der Waals surface area contributed by atoms with Gasteiger partial charge in [-0.15, -0.1) is 0 Å². The Kier molecular flexibility index (Phi) is 4.40. The van der Waals surface area contributed by atoms with Crippen molar-refractivity contribution in [3.63, 3.8) is 0 Å². The molecule has 2 rings (SSSR count). The highest BCUT2D eigenvalue weighted by Crippen LogP contribution is 2.09. The van der Waals surface area contributed by atoms with Gasteiger partial charge in [0.15, 0.2) is 0 Å². The van der Waals surface area contributed by atoms with Gasteiger partial charge in [0.05, 0.1) is 17.0 Å². The highest BCUT2D eigenvalue weighted by Gasteiger charge is 2.13. The summed E-state index contributed by atoms with van der Waals surface area (Å²) < 4.78 is 13.4. The van der Waals surface area contributed by atoms with Crippen molar-refractivity contribution in [2.45, 2.75) is 20.3 Å². The normalized spacial score (nSPS) is 10.3. The van der Waals surface area contributed by atoms with E-state index in [4.69, 9.17) is 0 Å². The summed E-state index contributed by atoms with van der Waals surface area (Å²) in [6.45, 7) is 3.90. The van der Waals surface area contributed by atoms with Crippen LogP contribution in [0.1, 0.15) is 27.3 Å². The molecule has 0 saturated carbocycles. The molecule has 2 aromatic rings. The van der Waals surface area contributed by atoms with Crippen molar-refractivity contribution in [1.82, 2.24) is 15.3 Å². The molecule has 0 aliphatic heterocycles. The first-order chi connectivity index (χ1) is 9.59. The zero-order chi connectivity index (χ0) is 14.5. The minimum Gasteiger partial charge on any atom is -0.352 e. The van der Waals surface area contributed by atoms with Crippen LogP contribution in [0.2, 0.25) is 0 Å². The van der Waals surface area contributed by atoms with E-state index in [2.05, 4.69) is 15.3 Å². The quantitative estimate of drug-likeness (QED) is 0.929. The molecule has 1 heterocycles. The lowest BCUT2D eigenvalue weighted by molar-refractivity contribution is 0.0952. The van der Waals surface area contributed by atoms with E-state index in [9.17, 15) is 9.18 Å². The Balaban J connectivity index is 1.98. The van der Waals surface area contributed by atoms with E-state index in [0.717, 1.165) is 0 Å². The van der Waals surface area contributed by atoms with Crippen LogP contribution in [0.25, 0.3) is 0 Å². The van der Waals surface area contributed by atoms with Crippen LogP contribution in [0.3, 0.4) is 0 Å². The van der Waals surface area contributed by atoms with Crippen molar-refractivity contribution in [1.29, 1.82) is 0 Å². The second-order valence-electron chi connectivity index (χ2n) is 4.52. The van der Waals surface area contributed by atoms with E-state index in [-0.39, 0.29) is 11.7 Å². The second-order valence-corrected chi connectivity index (χ2v) is 4.52. The van der Waals surface area contributed by atoms with Gasteiger partial charge in [0.25, 0.3) is 5.91 Å². The fourth-order valence-electron chi connectivity index (χ4n) is 2.02. The number of benzene rings is 1. The van der Waals surface area contributed by atoms with Crippen LogP contribution in [-0.2, 0) is 6.42 Å². The van der Waals surface area contributed by atoms with Crippen LogP contribution >= 0.6 is 0 Å². The maximum absolute atomic E-state index is 13.4. The van der Waals surface area contributed by atoms with E-state index >= 15 is 0 Å². The average molecular weight is 273 g/mol. The van der Waals surface area contributed by atoms with Gasteiger partial charge in [0, 0.05) is 6.54 Å². The predicted molar refractivity (Wildman–Crippen MR) is 73.9 cm³/mol. The van der Waals surface area contributed by atoms with Crippen molar-refractivity contribution in [2.75, 3.05) is 6.54 Å². The first-order valence-corrected chi connectivity index (χ1v) is 6.39. The largest absolute Gasteiger partial charge is 0.352 e. The number of aromatic nitrogens is 2. The molecular weight excluding hydrogens is 257 g/mol. The zero-order valence-corrected chi connectivity index (χ0v) is 11.5. The fraction of sp³-hybridized carbons (Fsp3) is 0.267. The highest BCUT2D eigenvalue weighted by molar-refractivity contribution is 5.96. The number of amides is 1. The van der Waals surface area contributed by atoms with Crippen molar-refractivity contribution in [3.05, 3.63) is 58.9 Å². The summed E-state index contributed by atoms with van der Waals surface area (Å²) in [4.78, 5) is 20.1. The van der Waals surface area contributed by atoms with Crippen LogP contribution in [-0.4, -0.2) is 22.4 Å². The first kappa shape index (κ1) is 14.1. The summed E-state index contributed by atoms with van der Waals surface area (Å²) in [6.07, 6.45) is 1.88. The Morgan fingerprint density at radius 3 is 2.50 bits per heavy atom. The van der Waals surface area contributed by atoms with Gasteiger partial charge in [0.1, 0.15) is 12.1 Å². The van der Waals surface area contributed by atoms with E-state index in [1.165, 1.54) is 12.4 Å². The number of nitrogens with one attached hydrogen (secondary N) is 1. The summed E-state index contributed by atoms with van der Waals surface area (Å²) in [5, 5.41) is 2.77. The van der Waals surface area contributed by atoms with Crippen molar-refractivity contribution < 1.29 is 9.18 Å². The third-order valence-corrected chi connectivity index (χ3v) is 3.09. The Morgan fingerprint density at radius 1 is 1.20 bits per heavy atom. The monoisotopic (exact) mass is 273 g/mol. The zero-order valence-electron chi connectivity index (χ0n) is 11.5. The van der Waals surface area contributed by atoms with Crippen LogP contribution in [0.5, 0.6) is 0 Å². The summed E-state index contributed by atoms with van der Waals surface area (Å²) >= 11 is 0. The number of aryl methyl sites for hydroxylation is 2. The van der Waals surface area contributed by atoms with Gasteiger partial charge >= 0.3 is 0 Å². The smallest absolute Gasteiger partial charge is 0.254 e. The molecule has 1 aromatic carbocycles. The lowest BCUT2D eigenvalue weighted by Crippen LogP contribution is -2.28. The average Bonchev–Trinajstić information content (AvgIpc) is 2.41. The Bertz CT molecular complexity index is 608. The molecule has 5 heteroatoms. The van der Waals surface area contributed by atoms with Crippen LogP contribution in [0.4, 0.5) is 4.39 Å². The number of carbonyl (C=O) groups excluding carboxylic acids is 1. The molecule has 1 N–H and O–H groups in total. The fourth-order valence-corrected chi connectivity index (χ4v) is 2.02. The number of nitrogens with zero attached hydrogens (tertiary/aromatic N) is 2. The summed E-state index contributed by atoms with van der Waals surface area (Å²) in [7, 11) is 0. The van der Waals surface area contributed by atoms with Crippen LogP contribution in [0, 0.1) is 19.7 Å². The Labute approximate surface area is 117 Å². The molecule has 0 radical (unpaired) electrons. The van der Waals surface area contributed by atoms with Crippen LogP contribution in [0.15, 0.2) is 30.6 Å². The molecule has 4 nitrogen and oxygen atoms in total. The number of halogens is 1. The minimum atomic E-state index is -0.253. The van der Waals surface area contributed by atoms with Gasteiger partial charge in [0.2, 0.25) is 0 Å². The molecule has 104 valence electrons. The number of carbonyl (C=O) groups is 1. The molecule has 0 fully saturated rings. The summed E-state index contributed by atoms with van der Waals surface area (Å²) in [5.41, 5.74) is 2.35. The molecule has 0 aliphatic rings. The Morgan fingerprint density at radius 2 is 1.85 bits per heavy atom. The third kappa shape index (κ3) is 3.17. The number of hydrogen-bond acceptors (Lipinski definition) is 3. The van der Waals surface area contributed by atoms with E-state index in [1.54, 1.807) is 32.0 Å². The van der Waals surface area contributed by atoms with Gasteiger partial charge in [-0.1, -0.05) is 18.2 Å². The SMILES string of the molecule is Cc1ncnc(C)c1C(=O)NCCc1ccccc1F. The molecule has 1 aromatic heterocycles. The first-order valence-electron chi connectivity index (χ1n) is 6.39. The highest BCUT2D eigenvalue weighted by atomic mass is 19.1. The predicted octanol–water partition coefficient (Wildman–Crippen LogP) is 2.21. The molecule has 0 spiro atoms. The molecule has 0 aliphatic carbocycles. The van der Waals surface area contributed by atoms with E-state index in [0.29, 0.717) is 35.5 Å². The minimum absolute atomic E-state index is 0.225. The van der Waals surface area contributed by atoms with Gasteiger partial charge in [-0.3, -0.25) is 4.79 Å². The van der Waals surface area contributed by atoms with Gasteiger partial charge < -0.3 is 5.32 Å². The molecule has 0 bridgehead atoms. The maximum Gasteiger partial charge on any atom is 0.254 e. The van der Waals surface area contributed by atoms with Crippen molar-refractivity contribution >= 4 is 5.91 Å². The van der Waals surface area contributed by atoms with Gasteiger partial charge in [-0.05, 0) is 31.9 Å². The number of hydrogen-bond donors (Lipinski definition) is 1. The number of rotatable bonds is 4. The lowest BCUT2D eigenvalue weighted by Gasteiger charge is -2.09. The van der Waals surface area contributed by atoms with Crippen LogP contribution < -0.4 is 5.32 Å². The van der Waals surface area contributed by atoms with E-state index < -0.39 is 0 Å². The molecule has 0 saturated heterocycles. The summed E-state index contributed by atoms with van der Waals surface area (Å²) in [5.74, 6) is -0.478. The molecule has 0 atom stereocenters. The lowest BCUT2D eigenvalue weighted by atomic mass is 10.1. The second kappa shape index (κ2) is 6.23. The van der Waals surface area contributed by atoms with Crippen molar-refractivity contribution in [2.24, 2.45) is 0 Å². The standard InChI is InChI=1S/C15H16FN3O/c1-10-14(11(2)19-9-18-10)15(20)17-8-7-12-5-3-4-6-13(12)16/h3-6,9H,7-8H2,1-2H3,(H,17,20). The summed E-state index contributed by atoms with van der Waals surface area (Å²) in [6, 6.07) is 6.55. The third-order valence-electron chi connectivity index (χ3n) is 3.09. The topological polar surface area (TPSA) is 54.9 Å². The molecular formula is C15H16FN3O. The molecule has 20 heavy (non-hydrogen) atoms. The van der Waals surface area contributed by atoms with Crippen molar-refractivity contribution in [3.8, 4) is 0 Å². The Hall–Kier alpha value is -2.30. The maximum atomic E-state index is 13.4. The molecule has 0 unspecified atom stereocenters. The van der Waals surface area contributed by atoms with Gasteiger partial charge in [-0.25, -0.2) is 14.4 Å². The van der Waals surface area contributed by atoms with Gasteiger partial charge in [-0.2, -0.15) is 0 Å².